The Balaban J connectivity index is 1.83. The van der Waals surface area contributed by atoms with E-state index in [0.717, 1.165) is 24.9 Å². The van der Waals surface area contributed by atoms with Gasteiger partial charge in [0.25, 0.3) is 0 Å². The lowest BCUT2D eigenvalue weighted by Crippen LogP contribution is -2.35. The van der Waals surface area contributed by atoms with Crippen LogP contribution >= 0.6 is 0 Å². The second-order valence-corrected chi connectivity index (χ2v) is 5.91. The van der Waals surface area contributed by atoms with E-state index in [2.05, 4.69) is 20.8 Å². The molecule has 2 atom stereocenters. The molecule has 1 amide bonds. The Bertz CT molecular complexity index is 695. The number of carbonyl (C=O) groups is 1. The van der Waals surface area contributed by atoms with Gasteiger partial charge in [-0.3, -0.25) is 4.79 Å². The lowest BCUT2D eigenvalue weighted by molar-refractivity contribution is -0.122. The van der Waals surface area contributed by atoms with E-state index in [-0.39, 0.29) is 11.9 Å². The van der Waals surface area contributed by atoms with Gasteiger partial charge in [-0.1, -0.05) is 23.4 Å². The van der Waals surface area contributed by atoms with Crippen LogP contribution in [-0.2, 0) is 4.79 Å². The van der Waals surface area contributed by atoms with Crippen molar-refractivity contribution in [3.05, 3.63) is 41.5 Å². The Morgan fingerprint density at radius 2 is 2.33 bits per heavy atom. The summed E-state index contributed by atoms with van der Waals surface area (Å²) in [5.41, 5.74) is 0.800. The van der Waals surface area contributed by atoms with Crippen LogP contribution in [0.5, 0.6) is 5.75 Å². The van der Waals surface area contributed by atoms with Crippen LogP contribution in [0.4, 0.5) is 0 Å². The number of amides is 1. The van der Waals surface area contributed by atoms with Crippen molar-refractivity contribution in [3.63, 3.8) is 0 Å². The van der Waals surface area contributed by atoms with Crippen molar-refractivity contribution >= 4 is 5.91 Å². The van der Waals surface area contributed by atoms with Gasteiger partial charge >= 0.3 is 0 Å². The molecule has 2 unspecified atom stereocenters. The predicted octanol–water partition coefficient (Wildman–Crippen LogP) is 1.73. The van der Waals surface area contributed by atoms with Crippen LogP contribution < -0.4 is 15.4 Å². The number of rotatable bonds is 6. The second-order valence-electron chi connectivity index (χ2n) is 5.91. The van der Waals surface area contributed by atoms with Gasteiger partial charge < -0.3 is 19.9 Å². The molecule has 0 radical (unpaired) electrons. The van der Waals surface area contributed by atoms with Crippen LogP contribution in [-0.4, -0.2) is 35.7 Å². The summed E-state index contributed by atoms with van der Waals surface area (Å²) in [7, 11) is 1.60. The average molecular weight is 330 g/mol. The number of benzene rings is 1. The molecule has 0 aliphatic carbocycles. The van der Waals surface area contributed by atoms with Crippen LogP contribution in [0.25, 0.3) is 0 Å². The van der Waals surface area contributed by atoms with Crippen molar-refractivity contribution in [1.82, 2.24) is 20.8 Å². The minimum atomic E-state index is -0.507. The van der Waals surface area contributed by atoms with Gasteiger partial charge in [-0.15, -0.1) is 0 Å². The molecule has 1 aliphatic rings. The zero-order valence-corrected chi connectivity index (χ0v) is 13.9. The largest absolute Gasteiger partial charge is 0.496 e. The molecule has 7 nitrogen and oxygen atoms in total. The van der Waals surface area contributed by atoms with E-state index in [9.17, 15) is 4.79 Å². The molecule has 0 saturated carbocycles. The highest BCUT2D eigenvalue weighted by atomic mass is 16.5. The SMILES string of the molecule is COc1ccccc1C(NC(=O)CC1CCCN1)c1noc(C)n1. The molecule has 1 saturated heterocycles. The Morgan fingerprint density at radius 1 is 1.50 bits per heavy atom. The molecule has 1 aromatic heterocycles. The topological polar surface area (TPSA) is 89.3 Å². The van der Waals surface area contributed by atoms with Gasteiger partial charge in [-0.05, 0) is 25.5 Å². The number of aromatic nitrogens is 2. The Labute approximate surface area is 140 Å². The molecule has 1 fully saturated rings. The Kier molecular flexibility index (Phi) is 5.10. The molecular formula is C17H22N4O3. The first-order valence-corrected chi connectivity index (χ1v) is 8.13. The Morgan fingerprint density at radius 3 is 3.00 bits per heavy atom. The Hall–Kier alpha value is -2.41. The van der Waals surface area contributed by atoms with Gasteiger partial charge in [0, 0.05) is 24.9 Å². The summed E-state index contributed by atoms with van der Waals surface area (Å²) >= 11 is 0. The molecule has 1 aliphatic heterocycles. The summed E-state index contributed by atoms with van der Waals surface area (Å²) < 4.78 is 10.5. The third-order valence-corrected chi connectivity index (χ3v) is 4.15. The molecular weight excluding hydrogens is 308 g/mol. The van der Waals surface area contributed by atoms with Gasteiger partial charge in [0.2, 0.25) is 11.8 Å². The number of nitrogens with zero attached hydrogens (tertiary/aromatic N) is 2. The van der Waals surface area contributed by atoms with E-state index in [1.807, 2.05) is 24.3 Å². The lowest BCUT2D eigenvalue weighted by Gasteiger charge is -2.19. The van der Waals surface area contributed by atoms with Crippen molar-refractivity contribution in [1.29, 1.82) is 0 Å². The highest BCUT2D eigenvalue weighted by molar-refractivity contribution is 5.77. The number of nitrogens with one attached hydrogen (secondary N) is 2. The molecule has 24 heavy (non-hydrogen) atoms. The third-order valence-electron chi connectivity index (χ3n) is 4.15. The molecule has 2 aromatic rings. The van der Waals surface area contributed by atoms with Crippen molar-refractivity contribution in [2.75, 3.05) is 13.7 Å². The van der Waals surface area contributed by atoms with Crippen molar-refractivity contribution in [3.8, 4) is 5.75 Å². The number of hydrogen-bond donors (Lipinski definition) is 2. The number of para-hydroxylation sites is 1. The number of aryl methyl sites for hydroxylation is 1. The highest BCUT2D eigenvalue weighted by Crippen LogP contribution is 2.28. The maximum Gasteiger partial charge on any atom is 0.223 e. The van der Waals surface area contributed by atoms with Gasteiger partial charge in [-0.25, -0.2) is 0 Å². The van der Waals surface area contributed by atoms with Crippen LogP contribution in [0.3, 0.4) is 0 Å². The maximum absolute atomic E-state index is 12.5. The summed E-state index contributed by atoms with van der Waals surface area (Å²) in [5, 5.41) is 10.3. The normalized spacial score (nSPS) is 18.3. The fraction of sp³-hybridized carbons (Fsp3) is 0.471. The second kappa shape index (κ2) is 7.44. The van der Waals surface area contributed by atoms with E-state index in [1.165, 1.54) is 0 Å². The van der Waals surface area contributed by atoms with Gasteiger partial charge in [0.15, 0.2) is 5.82 Å². The fourth-order valence-corrected chi connectivity index (χ4v) is 2.99. The van der Waals surface area contributed by atoms with Crippen molar-refractivity contribution < 1.29 is 14.1 Å². The first-order chi connectivity index (χ1) is 11.7. The van der Waals surface area contributed by atoms with Crippen LogP contribution in [0.1, 0.15) is 42.6 Å². The van der Waals surface area contributed by atoms with Crippen molar-refractivity contribution in [2.45, 2.75) is 38.3 Å². The van der Waals surface area contributed by atoms with E-state index in [4.69, 9.17) is 9.26 Å². The fourth-order valence-electron chi connectivity index (χ4n) is 2.99. The number of hydrogen-bond acceptors (Lipinski definition) is 6. The van der Waals surface area contributed by atoms with Crippen LogP contribution in [0, 0.1) is 6.92 Å². The third kappa shape index (κ3) is 3.73. The monoisotopic (exact) mass is 330 g/mol. The molecule has 2 heterocycles. The van der Waals surface area contributed by atoms with Crippen molar-refractivity contribution in [2.24, 2.45) is 0 Å². The zero-order valence-electron chi connectivity index (χ0n) is 13.9. The van der Waals surface area contributed by atoms with Crippen LogP contribution in [0.15, 0.2) is 28.8 Å². The summed E-state index contributed by atoms with van der Waals surface area (Å²) in [6.45, 7) is 2.69. The molecule has 1 aromatic carbocycles. The standard InChI is InChI=1S/C17H22N4O3/c1-11-19-17(21-24-11)16(13-7-3-4-8-14(13)23-2)20-15(22)10-12-6-5-9-18-12/h3-4,7-8,12,16,18H,5-6,9-10H2,1-2H3,(H,20,22). The average Bonchev–Trinajstić information content (AvgIpc) is 3.24. The maximum atomic E-state index is 12.5. The van der Waals surface area contributed by atoms with E-state index in [1.54, 1.807) is 14.0 Å². The van der Waals surface area contributed by atoms with E-state index < -0.39 is 6.04 Å². The zero-order chi connectivity index (χ0) is 16.9. The first kappa shape index (κ1) is 16.4. The predicted molar refractivity (Wildman–Crippen MR) is 87.7 cm³/mol. The minimum absolute atomic E-state index is 0.0484. The van der Waals surface area contributed by atoms with Crippen LogP contribution in [0.2, 0.25) is 0 Å². The molecule has 0 spiro atoms. The highest BCUT2D eigenvalue weighted by Gasteiger charge is 2.26. The first-order valence-electron chi connectivity index (χ1n) is 8.13. The summed E-state index contributed by atoms with van der Waals surface area (Å²) in [6.07, 6.45) is 2.56. The molecule has 7 heteroatoms. The van der Waals surface area contributed by atoms with Gasteiger partial charge in [0.1, 0.15) is 11.8 Å². The summed E-state index contributed by atoms with van der Waals surface area (Å²) in [5.74, 6) is 1.50. The quantitative estimate of drug-likeness (QED) is 0.838. The molecule has 0 bridgehead atoms. The smallest absolute Gasteiger partial charge is 0.223 e. The number of methoxy groups -OCH3 is 1. The molecule has 128 valence electrons. The minimum Gasteiger partial charge on any atom is -0.496 e. The number of carbonyl (C=O) groups excluding carboxylic acids is 1. The van der Waals surface area contributed by atoms with E-state index in [0.29, 0.717) is 23.9 Å². The lowest BCUT2D eigenvalue weighted by atomic mass is 10.0. The van der Waals surface area contributed by atoms with Gasteiger partial charge in [0.05, 0.1) is 7.11 Å². The van der Waals surface area contributed by atoms with Gasteiger partial charge in [-0.2, -0.15) is 4.98 Å². The summed E-state index contributed by atoms with van der Waals surface area (Å²) in [6, 6.07) is 7.24. The van der Waals surface area contributed by atoms with E-state index >= 15 is 0 Å². The number of ether oxygens (including phenoxy) is 1. The molecule has 2 N–H and O–H groups in total. The molecule has 3 rings (SSSR count). The summed E-state index contributed by atoms with van der Waals surface area (Å²) in [4.78, 5) is 16.8.